The first-order chi connectivity index (χ1) is 16.0. The molecule has 0 amide bonds. The summed E-state index contributed by atoms with van der Waals surface area (Å²) in [4.78, 5) is 26.1. The number of fused-ring (bicyclic) bond motifs is 1. The minimum Gasteiger partial charge on any atom is -0.494 e. The Bertz CT molecular complexity index is 1140. The monoisotopic (exact) mass is 508 g/mol. The lowest BCUT2D eigenvalue weighted by atomic mass is 9.72. The summed E-state index contributed by atoms with van der Waals surface area (Å²) in [6.07, 6.45) is 0.953. The van der Waals surface area contributed by atoms with Crippen molar-refractivity contribution in [3.05, 3.63) is 87.9 Å². The van der Waals surface area contributed by atoms with E-state index in [-0.39, 0.29) is 12.2 Å². The predicted molar refractivity (Wildman–Crippen MR) is 129 cm³/mol. The molecule has 0 aromatic heterocycles. The third-order valence-electron chi connectivity index (χ3n) is 5.78. The number of Topliss-reactive ketones (excluding diaryl/α,β-unsaturated/α-hetero) is 1. The number of ketones is 1. The first kappa shape index (κ1) is 23.1. The van der Waals surface area contributed by atoms with Gasteiger partial charge in [0.15, 0.2) is 0 Å². The van der Waals surface area contributed by atoms with Crippen molar-refractivity contribution in [3.8, 4) is 17.2 Å². The molecule has 5 nitrogen and oxygen atoms in total. The molecular weight excluding hydrogens is 484 g/mol. The van der Waals surface area contributed by atoms with E-state index in [0.717, 1.165) is 16.3 Å². The number of halogens is 1. The standard InChI is InChI=1S/C27H25BrO5/c1-3-31-21-16-23(32-4-2)25-24(17-21)33-27(26(25)30,19-10-12-20(28)13-11-19)22(14-15-29)18-8-6-5-7-9-18/h5-13,15-17,22H,3-4,14H2,1-2H3/t22-,27+/m1/s1. The number of aldehydes is 1. The number of hydrogen-bond donors (Lipinski definition) is 0. The summed E-state index contributed by atoms with van der Waals surface area (Å²) in [5, 5.41) is 0. The van der Waals surface area contributed by atoms with Gasteiger partial charge >= 0.3 is 0 Å². The minimum absolute atomic E-state index is 0.113. The second kappa shape index (κ2) is 9.79. The van der Waals surface area contributed by atoms with E-state index < -0.39 is 11.5 Å². The zero-order chi connectivity index (χ0) is 23.4. The highest BCUT2D eigenvalue weighted by atomic mass is 79.9. The lowest BCUT2D eigenvalue weighted by molar-refractivity contribution is -0.109. The average Bonchev–Trinajstić information content (AvgIpc) is 3.12. The SMILES string of the molecule is CCOc1cc(OCC)c2c(c1)O[C@@](c1ccc(Br)cc1)([C@H](CC=O)c1ccccc1)C2=O. The van der Waals surface area contributed by atoms with Gasteiger partial charge in [-0.25, -0.2) is 0 Å². The number of rotatable bonds is 9. The van der Waals surface area contributed by atoms with Crippen LogP contribution in [0.2, 0.25) is 0 Å². The zero-order valence-corrected chi connectivity index (χ0v) is 20.1. The first-order valence-corrected chi connectivity index (χ1v) is 11.8. The quantitative estimate of drug-likeness (QED) is 0.327. The van der Waals surface area contributed by atoms with Crippen LogP contribution in [0.4, 0.5) is 0 Å². The van der Waals surface area contributed by atoms with Crippen molar-refractivity contribution in [2.75, 3.05) is 13.2 Å². The summed E-state index contributed by atoms with van der Waals surface area (Å²) in [6, 6.07) is 20.4. The molecule has 170 valence electrons. The molecule has 1 aliphatic heterocycles. The maximum atomic E-state index is 14.3. The fourth-order valence-corrected chi connectivity index (χ4v) is 4.70. The summed E-state index contributed by atoms with van der Waals surface area (Å²) in [5.74, 6) is 0.597. The molecule has 1 heterocycles. The normalized spacial score (nSPS) is 17.7. The van der Waals surface area contributed by atoms with Gasteiger partial charge in [-0.3, -0.25) is 4.79 Å². The maximum absolute atomic E-state index is 14.3. The van der Waals surface area contributed by atoms with Crippen LogP contribution < -0.4 is 14.2 Å². The van der Waals surface area contributed by atoms with Crippen molar-refractivity contribution in [1.29, 1.82) is 0 Å². The highest BCUT2D eigenvalue weighted by molar-refractivity contribution is 9.10. The minimum atomic E-state index is -1.43. The van der Waals surface area contributed by atoms with E-state index in [1.54, 1.807) is 12.1 Å². The van der Waals surface area contributed by atoms with Gasteiger partial charge in [-0.15, -0.1) is 0 Å². The van der Waals surface area contributed by atoms with Crippen LogP contribution in [-0.4, -0.2) is 25.3 Å². The number of benzene rings is 3. The van der Waals surface area contributed by atoms with E-state index in [0.29, 0.717) is 41.6 Å². The van der Waals surface area contributed by atoms with Gasteiger partial charge in [0.25, 0.3) is 0 Å². The summed E-state index contributed by atoms with van der Waals surface area (Å²) >= 11 is 3.47. The molecule has 1 aliphatic rings. The molecule has 3 aromatic rings. The molecule has 0 radical (unpaired) electrons. The van der Waals surface area contributed by atoms with Gasteiger partial charge < -0.3 is 19.0 Å². The third kappa shape index (κ3) is 4.15. The van der Waals surface area contributed by atoms with Gasteiger partial charge in [0.1, 0.15) is 29.1 Å². The third-order valence-corrected chi connectivity index (χ3v) is 6.31. The molecular formula is C27H25BrO5. The number of carbonyl (C=O) groups is 2. The van der Waals surface area contributed by atoms with Crippen molar-refractivity contribution in [3.63, 3.8) is 0 Å². The van der Waals surface area contributed by atoms with Gasteiger partial charge in [-0.05, 0) is 31.5 Å². The molecule has 3 aromatic carbocycles. The molecule has 0 saturated heterocycles. The van der Waals surface area contributed by atoms with E-state index >= 15 is 0 Å². The molecule has 33 heavy (non-hydrogen) atoms. The molecule has 4 rings (SSSR count). The Hall–Kier alpha value is -3.12. The Morgan fingerprint density at radius 2 is 1.70 bits per heavy atom. The number of carbonyl (C=O) groups excluding carboxylic acids is 2. The molecule has 2 atom stereocenters. The Kier molecular flexibility index (Phi) is 6.84. The van der Waals surface area contributed by atoms with E-state index in [1.807, 2.05) is 68.4 Å². The highest BCUT2D eigenvalue weighted by Crippen LogP contribution is 2.54. The van der Waals surface area contributed by atoms with Crippen LogP contribution in [0.5, 0.6) is 17.2 Å². The van der Waals surface area contributed by atoms with Crippen molar-refractivity contribution in [2.24, 2.45) is 0 Å². The van der Waals surface area contributed by atoms with E-state index in [9.17, 15) is 9.59 Å². The second-order valence-corrected chi connectivity index (χ2v) is 8.62. The van der Waals surface area contributed by atoms with Crippen LogP contribution >= 0.6 is 15.9 Å². The summed E-state index contributed by atoms with van der Waals surface area (Å²) < 4.78 is 19.0. The van der Waals surface area contributed by atoms with Crippen LogP contribution in [0.15, 0.2) is 71.2 Å². The highest BCUT2D eigenvalue weighted by Gasteiger charge is 2.56. The molecule has 6 heteroatoms. The maximum Gasteiger partial charge on any atom is 0.219 e. The Labute approximate surface area is 201 Å². The Morgan fingerprint density at radius 1 is 1.00 bits per heavy atom. The Balaban J connectivity index is 1.97. The topological polar surface area (TPSA) is 61.8 Å². The van der Waals surface area contributed by atoms with E-state index in [4.69, 9.17) is 14.2 Å². The van der Waals surface area contributed by atoms with Crippen LogP contribution in [0, 0.1) is 0 Å². The predicted octanol–water partition coefficient (Wildman–Crippen LogP) is 6.09. The fraction of sp³-hybridized carbons (Fsp3) is 0.259. The summed E-state index contributed by atoms with van der Waals surface area (Å²) in [5.41, 5.74) is 0.455. The van der Waals surface area contributed by atoms with Crippen LogP contribution in [0.3, 0.4) is 0 Å². The van der Waals surface area contributed by atoms with Gasteiger partial charge in [-0.1, -0.05) is 58.4 Å². The summed E-state index contributed by atoms with van der Waals surface area (Å²) in [6.45, 7) is 4.60. The van der Waals surface area contributed by atoms with Crippen molar-refractivity contribution in [2.45, 2.75) is 31.8 Å². The molecule has 0 fully saturated rings. The van der Waals surface area contributed by atoms with Crippen molar-refractivity contribution >= 4 is 28.0 Å². The lowest BCUT2D eigenvalue weighted by Gasteiger charge is -2.35. The van der Waals surface area contributed by atoms with Crippen molar-refractivity contribution in [1.82, 2.24) is 0 Å². The Morgan fingerprint density at radius 3 is 2.33 bits per heavy atom. The summed E-state index contributed by atoms with van der Waals surface area (Å²) in [7, 11) is 0. The first-order valence-electron chi connectivity index (χ1n) is 11.0. The lowest BCUT2D eigenvalue weighted by Crippen LogP contribution is -2.43. The zero-order valence-electron chi connectivity index (χ0n) is 18.5. The van der Waals surface area contributed by atoms with Crippen LogP contribution in [0.25, 0.3) is 0 Å². The molecule has 0 saturated carbocycles. The fourth-order valence-electron chi connectivity index (χ4n) is 4.43. The van der Waals surface area contributed by atoms with Gasteiger partial charge in [0.2, 0.25) is 11.4 Å². The number of hydrogen-bond acceptors (Lipinski definition) is 5. The second-order valence-electron chi connectivity index (χ2n) is 7.70. The van der Waals surface area contributed by atoms with Gasteiger partial charge in [-0.2, -0.15) is 0 Å². The van der Waals surface area contributed by atoms with E-state index in [1.165, 1.54) is 0 Å². The van der Waals surface area contributed by atoms with Gasteiger partial charge in [0.05, 0.1) is 13.2 Å². The molecule has 0 aliphatic carbocycles. The molecule has 0 bridgehead atoms. The van der Waals surface area contributed by atoms with Crippen LogP contribution in [0.1, 0.15) is 47.7 Å². The van der Waals surface area contributed by atoms with Gasteiger partial charge in [0, 0.05) is 34.5 Å². The molecule has 0 N–H and O–H groups in total. The molecule has 0 unspecified atom stereocenters. The van der Waals surface area contributed by atoms with Crippen LogP contribution in [-0.2, 0) is 10.4 Å². The molecule has 0 spiro atoms. The van der Waals surface area contributed by atoms with Crippen molar-refractivity contribution < 1.29 is 23.8 Å². The largest absolute Gasteiger partial charge is 0.494 e. The smallest absolute Gasteiger partial charge is 0.219 e. The average molecular weight is 509 g/mol. The number of ether oxygens (including phenoxy) is 3. The van der Waals surface area contributed by atoms with E-state index in [2.05, 4.69) is 15.9 Å².